The first kappa shape index (κ1) is 18.9. The van der Waals surface area contributed by atoms with Crippen LogP contribution < -0.4 is 15.5 Å². The lowest BCUT2D eigenvalue weighted by atomic mass is 10.0. The number of benzene rings is 2. The van der Waals surface area contributed by atoms with Crippen molar-refractivity contribution in [1.29, 1.82) is 0 Å². The third-order valence-electron chi connectivity index (χ3n) is 4.35. The van der Waals surface area contributed by atoms with Gasteiger partial charge in [0, 0.05) is 10.7 Å². The van der Waals surface area contributed by atoms with Gasteiger partial charge in [-0.15, -0.1) is 0 Å². The highest BCUT2D eigenvalue weighted by Crippen LogP contribution is 2.26. The topological polar surface area (TPSA) is 78.5 Å². The van der Waals surface area contributed by atoms with Crippen molar-refractivity contribution in [2.75, 3.05) is 16.8 Å². The first-order valence-electron chi connectivity index (χ1n) is 8.63. The van der Waals surface area contributed by atoms with E-state index in [1.54, 1.807) is 48.5 Å². The Morgan fingerprint density at radius 2 is 1.81 bits per heavy atom. The molecule has 0 fully saturated rings. The Kier molecular flexibility index (Phi) is 5.46. The molecule has 2 aromatic rings. The zero-order chi connectivity index (χ0) is 19.6. The molecule has 2 N–H and O–H groups in total. The van der Waals surface area contributed by atoms with Crippen LogP contribution >= 0.6 is 11.6 Å². The summed E-state index contributed by atoms with van der Waals surface area (Å²) < 4.78 is 0. The van der Waals surface area contributed by atoms with Gasteiger partial charge in [-0.25, -0.2) is 0 Å². The van der Waals surface area contributed by atoms with Gasteiger partial charge in [0.1, 0.15) is 12.6 Å². The van der Waals surface area contributed by atoms with Crippen LogP contribution in [0.2, 0.25) is 5.02 Å². The van der Waals surface area contributed by atoms with E-state index in [1.807, 2.05) is 13.8 Å². The van der Waals surface area contributed by atoms with Gasteiger partial charge in [-0.3, -0.25) is 14.4 Å². The average Bonchev–Trinajstić information content (AvgIpc) is 2.74. The highest BCUT2D eigenvalue weighted by Gasteiger charge is 2.36. The van der Waals surface area contributed by atoms with Crippen LogP contribution in [0.5, 0.6) is 0 Å². The largest absolute Gasteiger partial charge is 0.340 e. The molecular formula is C20H20ClN3O3. The highest BCUT2D eigenvalue weighted by atomic mass is 35.5. The summed E-state index contributed by atoms with van der Waals surface area (Å²) in [6, 6.07) is 12.8. The second-order valence-electron chi connectivity index (χ2n) is 6.69. The predicted octanol–water partition coefficient (Wildman–Crippen LogP) is 3.08. The zero-order valence-electron chi connectivity index (χ0n) is 15.0. The molecule has 6 nitrogen and oxygen atoms in total. The van der Waals surface area contributed by atoms with Crippen LogP contribution in [-0.4, -0.2) is 30.3 Å². The zero-order valence-corrected chi connectivity index (χ0v) is 15.8. The summed E-state index contributed by atoms with van der Waals surface area (Å²) in [4.78, 5) is 39.5. The third kappa shape index (κ3) is 4.11. The van der Waals surface area contributed by atoms with Crippen molar-refractivity contribution in [2.45, 2.75) is 19.9 Å². The molecule has 0 radical (unpaired) electrons. The van der Waals surface area contributed by atoms with Gasteiger partial charge in [-0.1, -0.05) is 37.6 Å². The van der Waals surface area contributed by atoms with Crippen molar-refractivity contribution in [3.05, 3.63) is 59.1 Å². The Bertz CT molecular complexity index is 880. The minimum atomic E-state index is -0.701. The maximum atomic E-state index is 13.0. The molecule has 1 heterocycles. The predicted molar refractivity (Wildman–Crippen MR) is 105 cm³/mol. The van der Waals surface area contributed by atoms with E-state index in [0.29, 0.717) is 22.0 Å². The van der Waals surface area contributed by atoms with Gasteiger partial charge in [0.25, 0.3) is 5.91 Å². The summed E-state index contributed by atoms with van der Waals surface area (Å²) >= 11 is 5.85. The third-order valence-corrected chi connectivity index (χ3v) is 4.61. The number of rotatable bonds is 4. The van der Waals surface area contributed by atoms with Crippen LogP contribution in [0.25, 0.3) is 0 Å². The molecule has 0 aliphatic carbocycles. The second-order valence-corrected chi connectivity index (χ2v) is 7.13. The lowest BCUT2D eigenvalue weighted by Crippen LogP contribution is -2.50. The summed E-state index contributed by atoms with van der Waals surface area (Å²) in [5.74, 6) is -1.11. The summed E-state index contributed by atoms with van der Waals surface area (Å²) in [6.07, 6.45) is 0. The minimum Gasteiger partial charge on any atom is -0.340 e. The Balaban J connectivity index is 1.89. The van der Waals surface area contributed by atoms with E-state index >= 15 is 0 Å². The molecule has 0 spiro atoms. The van der Waals surface area contributed by atoms with Crippen LogP contribution in [0.15, 0.2) is 48.5 Å². The van der Waals surface area contributed by atoms with Crippen molar-refractivity contribution in [1.82, 2.24) is 5.32 Å². The van der Waals surface area contributed by atoms with Crippen molar-refractivity contribution in [3.8, 4) is 0 Å². The van der Waals surface area contributed by atoms with E-state index in [2.05, 4.69) is 10.6 Å². The van der Waals surface area contributed by atoms with E-state index < -0.39 is 6.04 Å². The number of hydrogen-bond acceptors (Lipinski definition) is 3. The molecule has 1 aliphatic rings. The first-order chi connectivity index (χ1) is 12.9. The molecule has 2 aromatic carbocycles. The van der Waals surface area contributed by atoms with E-state index in [9.17, 15) is 14.4 Å². The normalized spacial score (nSPS) is 16.6. The maximum absolute atomic E-state index is 13.0. The molecule has 1 aliphatic heterocycles. The van der Waals surface area contributed by atoms with E-state index in [0.717, 1.165) is 0 Å². The molecule has 1 atom stereocenters. The fourth-order valence-corrected chi connectivity index (χ4v) is 3.09. The maximum Gasteiger partial charge on any atom is 0.254 e. The smallest absolute Gasteiger partial charge is 0.254 e. The number of carbonyl (C=O) groups excluding carboxylic acids is 3. The van der Waals surface area contributed by atoms with Crippen LogP contribution in [0.1, 0.15) is 24.2 Å². The van der Waals surface area contributed by atoms with Gasteiger partial charge in [0.15, 0.2) is 0 Å². The molecular weight excluding hydrogens is 366 g/mol. The highest BCUT2D eigenvalue weighted by molar-refractivity contribution is 6.30. The Morgan fingerprint density at radius 3 is 2.48 bits per heavy atom. The molecule has 0 saturated carbocycles. The van der Waals surface area contributed by atoms with E-state index in [1.165, 1.54) is 4.90 Å². The number of fused-ring (bicyclic) bond motifs is 1. The molecule has 0 unspecified atom stereocenters. The van der Waals surface area contributed by atoms with E-state index in [-0.39, 0.29) is 30.2 Å². The Labute approximate surface area is 162 Å². The van der Waals surface area contributed by atoms with Gasteiger partial charge in [-0.2, -0.15) is 0 Å². The van der Waals surface area contributed by atoms with Gasteiger partial charge >= 0.3 is 0 Å². The van der Waals surface area contributed by atoms with E-state index in [4.69, 9.17) is 11.6 Å². The summed E-state index contributed by atoms with van der Waals surface area (Å²) in [5.41, 5.74) is 1.37. The summed E-state index contributed by atoms with van der Waals surface area (Å²) in [6.45, 7) is 3.51. The van der Waals surface area contributed by atoms with Crippen molar-refractivity contribution in [3.63, 3.8) is 0 Å². The molecule has 7 heteroatoms. The van der Waals surface area contributed by atoms with Crippen molar-refractivity contribution < 1.29 is 14.4 Å². The number of nitrogens with one attached hydrogen (secondary N) is 2. The van der Waals surface area contributed by atoms with Crippen molar-refractivity contribution >= 4 is 40.7 Å². The van der Waals surface area contributed by atoms with Gasteiger partial charge in [-0.05, 0) is 42.3 Å². The number of hydrogen-bond donors (Lipinski definition) is 2. The lowest BCUT2D eigenvalue weighted by molar-refractivity contribution is -0.123. The molecule has 3 rings (SSSR count). The molecule has 0 saturated heterocycles. The quantitative estimate of drug-likeness (QED) is 0.848. The number of anilines is 2. The number of para-hydroxylation sites is 1. The number of amides is 3. The Morgan fingerprint density at radius 1 is 1.15 bits per heavy atom. The summed E-state index contributed by atoms with van der Waals surface area (Å²) in [7, 11) is 0. The molecule has 0 aromatic heterocycles. The standard InChI is InChI=1S/C20H20ClN3O3/c1-12(2)18-20(27)24(16-6-4-3-5-15(16)19(26)23-18)11-17(25)22-14-9-7-13(21)8-10-14/h3-10,12,18H,11H2,1-2H3,(H,22,25)(H,23,26)/t18-/m1/s1. The van der Waals surface area contributed by atoms with Gasteiger partial charge in [0.2, 0.25) is 11.8 Å². The van der Waals surface area contributed by atoms with Crippen LogP contribution in [0, 0.1) is 5.92 Å². The summed E-state index contributed by atoms with van der Waals surface area (Å²) in [5, 5.41) is 6.08. The molecule has 0 bridgehead atoms. The van der Waals surface area contributed by atoms with Crippen LogP contribution in [-0.2, 0) is 9.59 Å². The second kappa shape index (κ2) is 7.80. The fourth-order valence-electron chi connectivity index (χ4n) is 2.96. The van der Waals surface area contributed by atoms with Gasteiger partial charge in [0.05, 0.1) is 11.3 Å². The van der Waals surface area contributed by atoms with Crippen molar-refractivity contribution in [2.24, 2.45) is 5.92 Å². The minimum absolute atomic E-state index is 0.113. The number of nitrogens with zero attached hydrogens (tertiary/aromatic N) is 1. The van der Waals surface area contributed by atoms with Gasteiger partial charge < -0.3 is 15.5 Å². The SMILES string of the molecule is CC(C)[C@H]1NC(=O)c2ccccc2N(CC(=O)Nc2ccc(Cl)cc2)C1=O. The van der Waals surface area contributed by atoms with Crippen LogP contribution in [0.3, 0.4) is 0 Å². The number of carbonyl (C=O) groups is 3. The Hall–Kier alpha value is -2.86. The lowest BCUT2D eigenvalue weighted by Gasteiger charge is -2.26. The van der Waals surface area contributed by atoms with Crippen LogP contribution in [0.4, 0.5) is 11.4 Å². The molecule has 140 valence electrons. The number of halogens is 1. The monoisotopic (exact) mass is 385 g/mol. The first-order valence-corrected chi connectivity index (χ1v) is 9.01. The molecule has 27 heavy (non-hydrogen) atoms. The molecule has 3 amide bonds. The average molecular weight is 386 g/mol. The fraction of sp³-hybridized carbons (Fsp3) is 0.250.